The van der Waals surface area contributed by atoms with Crippen molar-refractivity contribution < 1.29 is 0 Å². The molecule has 0 radical (unpaired) electrons. The number of likely N-dealkylation sites (N-methyl/N-ethyl adjacent to an activating group) is 1. The van der Waals surface area contributed by atoms with Crippen molar-refractivity contribution in [3.8, 4) is 11.4 Å². The summed E-state index contributed by atoms with van der Waals surface area (Å²) in [7, 11) is 0. The number of rotatable bonds is 10. The van der Waals surface area contributed by atoms with Gasteiger partial charge in [0.25, 0.3) is 0 Å². The second kappa shape index (κ2) is 11.4. The predicted molar refractivity (Wildman–Crippen MR) is 150 cm³/mol. The number of aromatic amines is 2. The van der Waals surface area contributed by atoms with E-state index < -0.39 is 0 Å². The highest BCUT2D eigenvalue weighted by atomic mass is 15.1. The van der Waals surface area contributed by atoms with Gasteiger partial charge >= 0.3 is 0 Å². The SMILES string of the molecule is C=C/C=C(/c1cccnc1)c1cc(-c2n[nH]c3ccc(C(/C=C(\C=C)CNCC)=C/C)nc23)[nH]c1C. The molecule has 0 aromatic carbocycles. The molecule has 0 aliphatic heterocycles. The Bertz CT molecular complexity index is 1460. The van der Waals surface area contributed by atoms with E-state index in [0.717, 1.165) is 74.7 Å². The van der Waals surface area contributed by atoms with Crippen molar-refractivity contribution >= 4 is 22.2 Å². The van der Waals surface area contributed by atoms with Gasteiger partial charge in [-0.25, -0.2) is 4.98 Å². The van der Waals surface area contributed by atoms with Crippen LogP contribution in [0.2, 0.25) is 0 Å². The van der Waals surface area contributed by atoms with Crippen molar-refractivity contribution in [2.45, 2.75) is 20.8 Å². The van der Waals surface area contributed by atoms with E-state index in [-0.39, 0.29) is 0 Å². The Balaban J connectivity index is 1.76. The Morgan fingerprint density at radius 3 is 2.75 bits per heavy atom. The molecule has 0 aliphatic rings. The summed E-state index contributed by atoms with van der Waals surface area (Å²) in [4.78, 5) is 12.8. The molecule has 4 aromatic heterocycles. The van der Waals surface area contributed by atoms with E-state index in [2.05, 4.69) is 70.7 Å². The smallest absolute Gasteiger partial charge is 0.135 e. The maximum Gasteiger partial charge on any atom is 0.135 e. The van der Waals surface area contributed by atoms with Crippen LogP contribution in [0.15, 0.2) is 91.8 Å². The highest BCUT2D eigenvalue weighted by Gasteiger charge is 2.17. The van der Waals surface area contributed by atoms with Crippen LogP contribution in [0.5, 0.6) is 0 Å². The second-order valence-corrected chi connectivity index (χ2v) is 8.39. The third-order valence-electron chi connectivity index (χ3n) is 6.01. The average Bonchev–Trinajstić information content (AvgIpc) is 3.50. The summed E-state index contributed by atoms with van der Waals surface area (Å²) in [6.07, 6.45) is 13.5. The molecular formula is C30H32N6. The van der Waals surface area contributed by atoms with Gasteiger partial charge in [0.1, 0.15) is 11.2 Å². The van der Waals surface area contributed by atoms with Gasteiger partial charge in [-0.2, -0.15) is 5.10 Å². The molecular weight excluding hydrogens is 444 g/mol. The van der Waals surface area contributed by atoms with E-state index >= 15 is 0 Å². The number of aryl methyl sites for hydroxylation is 1. The van der Waals surface area contributed by atoms with Gasteiger partial charge in [0.05, 0.1) is 16.9 Å². The lowest BCUT2D eigenvalue weighted by Gasteiger charge is -2.07. The molecule has 0 saturated heterocycles. The quantitative estimate of drug-likeness (QED) is 0.231. The molecule has 182 valence electrons. The molecule has 0 atom stereocenters. The molecule has 0 bridgehead atoms. The first kappa shape index (κ1) is 24.8. The number of pyridine rings is 2. The zero-order chi connectivity index (χ0) is 25.5. The molecule has 4 heterocycles. The first-order valence-electron chi connectivity index (χ1n) is 12.1. The minimum atomic E-state index is 0.762. The number of nitrogens with zero attached hydrogens (tertiary/aromatic N) is 3. The number of nitrogens with one attached hydrogen (secondary N) is 3. The van der Waals surface area contributed by atoms with E-state index in [1.54, 1.807) is 12.3 Å². The van der Waals surface area contributed by atoms with Crippen molar-refractivity contribution in [1.82, 2.24) is 30.5 Å². The Labute approximate surface area is 212 Å². The molecule has 3 N–H and O–H groups in total. The summed E-state index contributed by atoms with van der Waals surface area (Å²) < 4.78 is 0. The van der Waals surface area contributed by atoms with E-state index in [1.807, 2.05) is 49.5 Å². The van der Waals surface area contributed by atoms with Gasteiger partial charge in [-0.3, -0.25) is 10.1 Å². The monoisotopic (exact) mass is 476 g/mol. The summed E-state index contributed by atoms with van der Waals surface area (Å²) >= 11 is 0. The van der Waals surface area contributed by atoms with Crippen molar-refractivity contribution in [2.75, 3.05) is 13.1 Å². The van der Waals surface area contributed by atoms with Gasteiger partial charge < -0.3 is 10.3 Å². The predicted octanol–water partition coefficient (Wildman–Crippen LogP) is 6.40. The number of fused-ring (bicyclic) bond motifs is 1. The standard InChI is InChI=1S/C30H32N6/c1-6-11-24(23-12-10-15-32-19-23)25-17-28(33-20(25)5)30-29-27(35-36-30)14-13-26(34-29)22(8-3)16-21(7-2)18-31-9-4/h6-8,10-17,19,31,33H,1-2,9,18H2,3-5H3,(H,35,36)/b21-16+,22-8+,24-11-. The van der Waals surface area contributed by atoms with E-state index in [4.69, 9.17) is 4.98 Å². The van der Waals surface area contributed by atoms with Crippen LogP contribution in [0.25, 0.3) is 33.6 Å². The Morgan fingerprint density at radius 1 is 1.19 bits per heavy atom. The minimum absolute atomic E-state index is 0.762. The maximum absolute atomic E-state index is 5.01. The molecule has 4 rings (SSSR count). The molecule has 4 aromatic rings. The van der Waals surface area contributed by atoms with Crippen LogP contribution in [-0.4, -0.2) is 38.2 Å². The van der Waals surface area contributed by atoms with Crippen molar-refractivity contribution in [1.29, 1.82) is 0 Å². The van der Waals surface area contributed by atoms with Crippen LogP contribution < -0.4 is 5.32 Å². The summed E-state index contributed by atoms with van der Waals surface area (Å²) in [5, 5.41) is 11.1. The van der Waals surface area contributed by atoms with Gasteiger partial charge in [0.2, 0.25) is 0 Å². The molecule has 0 aliphatic carbocycles. The lowest BCUT2D eigenvalue weighted by atomic mass is 9.99. The Hall–Kier alpha value is -4.29. The normalized spacial score (nSPS) is 12.8. The van der Waals surface area contributed by atoms with Gasteiger partial charge in [-0.15, -0.1) is 0 Å². The molecule has 0 unspecified atom stereocenters. The summed E-state index contributed by atoms with van der Waals surface area (Å²) in [6, 6.07) is 10.1. The largest absolute Gasteiger partial charge is 0.357 e. The molecule has 6 nitrogen and oxygen atoms in total. The summed E-state index contributed by atoms with van der Waals surface area (Å²) in [5.41, 5.74) is 10.6. The number of hydrogen-bond acceptors (Lipinski definition) is 4. The summed E-state index contributed by atoms with van der Waals surface area (Å²) in [6.45, 7) is 15.7. The molecule has 0 amide bonds. The highest BCUT2D eigenvalue weighted by Crippen LogP contribution is 2.32. The van der Waals surface area contributed by atoms with Crippen molar-refractivity contribution in [2.24, 2.45) is 0 Å². The molecule has 0 spiro atoms. The van der Waals surface area contributed by atoms with Crippen LogP contribution in [-0.2, 0) is 0 Å². The number of aromatic nitrogens is 5. The third-order valence-corrected chi connectivity index (χ3v) is 6.01. The van der Waals surface area contributed by atoms with Crippen molar-refractivity contribution in [3.05, 3.63) is 114 Å². The zero-order valence-electron chi connectivity index (χ0n) is 21.1. The van der Waals surface area contributed by atoms with Crippen molar-refractivity contribution in [3.63, 3.8) is 0 Å². The lowest BCUT2D eigenvalue weighted by Crippen LogP contribution is -2.15. The van der Waals surface area contributed by atoms with Crippen LogP contribution >= 0.6 is 0 Å². The number of allylic oxidation sites excluding steroid dienone is 5. The maximum atomic E-state index is 5.01. The highest BCUT2D eigenvalue weighted by molar-refractivity contribution is 5.92. The topological polar surface area (TPSA) is 82.3 Å². The Morgan fingerprint density at radius 2 is 2.06 bits per heavy atom. The number of hydrogen-bond donors (Lipinski definition) is 3. The van der Waals surface area contributed by atoms with Gasteiger partial charge in [-0.05, 0) is 67.5 Å². The van der Waals surface area contributed by atoms with Crippen LogP contribution in [0.4, 0.5) is 0 Å². The minimum Gasteiger partial charge on any atom is -0.357 e. The molecule has 6 heteroatoms. The first-order chi connectivity index (χ1) is 17.6. The average molecular weight is 477 g/mol. The van der Waals surface area contributed by atoms with Gasteiger partial charge in [0.15, 0.2) is 0 Å². The third kappa shape index (κ3) is 5.19. The zero-order valence-corrected chi connectivity index (χ0v) is 21.1. The number of H-pyrrole nitrogens is 2. The van der Waals surface area contributed by atoms with E-state index in [9.17, 15) is 0 Å². The second-order valence-electron chi connectivity index (χ2n) is 8.39. The fourth-order valence-corrected chi connectivity index (χ4v) is 4.15. The van der Waals surface area contributed by atoms with E-state index in [0.29, 0.717) is 0 Å². The first-order valence-corrected chi connectivity index (χ1v) is 12.1. The van der Waals surface area contributed by atoms with Crippen LogP contribution in [0, 0.1) is 6.92 Å². The molecule has 36 heavy (non-hydrogen) atoms. The molecule has 0 fully saturated rings. The van der Waals surface area contributed by atoms with Crippen LogP contribution in [0.1, 0.15) is 36.4 Å². The fourth-order valence-electron chi connectivity index (χ4n) is 4.15. The van der Waals surface area contributed by atoms with Crippen LogP contribution in [0.3, 0.4) is 0 Å². The lowest BCUT2D eigenvalue weighted by molar-refractivity contribution is 0.785. The Kier molecular flexibility index (Phi) is 7.88. The summed E-state index contributed by atoms with van der Waals surface area (Å²) in [5.74, 6) is 0. The van der Waals surface area contributed by atoms with Gasteiger partial charge in [0, 0.05) is 35.8 Å². The molecule has 0 saturated carbocycles. The van der Waals surface area contributed by atoms with Gasteiger partial charge in [-0.1, -0.05) is 50.5 Å². The fraction of sp³-hybridized carbons (Fsp3) is 0.167. The van der Waals surface area contributed by atoms with E-state index in [1.165, 1.54) is 0 Å².